The molecule has 0 aliphatic carbocycles. The monoisotopic (exact) mass is 268 g/mol. The first-order chi connectivity index (χ1) is 7.32. The molecule has 0 aromatic carbocycles. The van der Waals surface area contributed by atoms with Gasteiger partial charge in [-0.2, -0.15) is 20.2 Å². The first-order valence-electron chi connectivity index (χ1n) is 4.78. The zero-order valence-corrected chi connectivity index (χ0v) is 10.9. The van der Waals surface area contributed by atoms with Gasteiger partial charge in [-0.3, -0.25) is 9.35 Å². The Morgan fingerprint density at radius 2 is 2.06 bits per heavy atom. The molecule has 94 valence electrons. The number of Topliss-reactive ketones (excluding diaryl/α,β-unsaturated/α-hetero) is 1. The quantitative estimate of drug-likeness (QED) is 0.520. The normalized spacial score (nSPS) is 15.4. The topological polar surface area (TPSA) is 88.5 Å². The highest BCUT2D eigenvalue weighted by molar-refractivity contribution is 7.99. The minimum Gasteiger partial charge on any atom is -0.303 e. The van der Waals surface area contributed by atoms with Gasteiger partial charge >= 0.3 is 0 Å². The molecule has 0 bridgehead atoms. The molecule has 2 unspecified atom stereocenters. The average Bonchev–Trinajstić information content (AvgIpc) is 2.20. The Labute approximate surface area is 99.7 Å². The van der Waals surface area contributed by atoms with Crippen LogP contribution in [-0.4, -0.2) is 41.8 Å². The lowest BCUT2D eigenvalue weighted by Gasteiger charge is -2.11. The molecule has 5 nitrogen and oxygen atoms in total. The van der Waals surface area contributed by atoms with Crippen molar-refractivity contribution in [2.24, 2.45) is 0 Å². The van der Waals surface area contributed by atoms with Gasteiger partial charge in [-0.25, -0.2) is 0 Å². The van der Waals surface area contributed by atoms with Crippen molar-refractivity contribution < 1.29 is 22.6 Å². The van der Waals surface area contributed by atoms with Crippen molar-refractivity contribution in [3.05, 3.63) is 0 Å². The van der Waals surface area contributed by atoms with E-state index < -0.39 is 20.6 Å². The Morgan fingerprint density at radius 1 is 1.50 bits per heavy atom. The number of hydrogen-bond acceptors (Lipinski definition) is 5. The minimum atomic E-state index is -4.07. The Kier molecular flexibility index (Phi) is 6.85. The molecule has 0 spiro atoms. The van der Waals surface area contributed by atoms with Crippen LogP contribution >= 0.6 is 11.8 Å². The largest absolute Gasteiger partial charge is 0.303 e. The van der Waals surface area contributed by atoms with E-state index in [4.69, 9.17) is 4.55 Å². The van der Waals surface area contributed by atoms with Gasteiger partial charge in [-0.15, -0.1) is 0 Å². The molecule has 0 saturated heterocycles. The number of aldehydes is 1. The summed E-state index contributed by atoms with van der Waals surface area (Å²) in [5.74, 6) is -0.157. The maximum absolute atomic E-state index is 11.5. The summed E-state index contributed by atoms with van der Waals surface area (Å²) in [6.45, 7) is 1.34. The Bertz CT molecular complexity index is 336. The third-order valence-corrected chi connectivity index (χ3v) is 4.54. The highest BCUT2D eigenvalue weighted by Gasteiger charge is 2.21. The lowest BCUT2D eigenvalue weighted by molar-refractivity contribution is -0.120. The van der Waals surface area contributed by atoms with Gasteiger partial charge in [-0.05, 0) is 19.6 Å². The van der Waals surface area contributed by atoms with E-state index in [9.17, 15) is 18.0 Å². The van der Waals surface area contributed by atoms with E-state index in [2.05, 4.69) is 0 Å². The molecule has 0 aliphatic rings. The summed E-state index contributed by atoms with van der Waals surface area (Å²) in [4.78, 5) is 21.8. The Morgan fingerprint density at radius 3 is 2.44 bits per heavy atom. The third-order valence-electron chi connectivity index (χ3n) is 2.26. The van der Waals surface area contributed by atoms with Gasteiger partial charge < -0.3 is 4.79 Å². The highest BCUT2D eigenvalue weighted by Crippen LogP contribution is 2.16. The molecular weight excluding hydrogens is 252 g/mol. The summed E-state index contributed by atoms with van der Waals surface area (Å²) < 4.78 is 30.1. The van der Waals surface area contributed by atoms with Crippen LogP contribution in [0, 0.1) is 0 Å². The molecule has 0 rings (SSSR count). The number of carbonyl (C=O) groups is 2. The van der Waals surface area contributed by atoms with Crippen molar-refractivity contribution >= 4 is 33.9 Å². The lowest BCUT2D eigenvalue weighted by Crippen LogP contribution is -2.22. The molecule has 0 saturated carbocycles. The summed E-state index contributed by atoms with van der Waals surface area (Å²) in [6, 6.07) is 0. The molecule has 16 heavy (non-hydrogen) atoms. The van der Waals surface area contributed by atoms with Crippen molar-refractivity contribution in [3.63, 3.8) is 0 Å². The van der Waals surface area contributed by atoms with Crippen molar-refractivity contribution in [2.75, 3.05) is 6.26 Å². The fourth-order valence-electron chi connectivity index (χ4n) is 1.10. The summed E-state index contributed by atoms with van der Waals surface area (Å²) >= 11 is 1.27. The first kappa shape index (κ1) is 15.6. The standard InChI is InChI=1S/C9H16O5S2/c1-7(16(12,13)14)3-4-8(11)9(15-2)5-6-10/h6-7,9H,3-5H2,1-2H3,(H,12,13,14). The maximum Gasteiger partial charge on any atom is 0.267 e. The zero-order valence-electron chi connectivity index (χ0n) is 9.25. The fraction of sp³-hybridized carbons (Fsp3) is 0.778. The van der Waals surface area contributed by atoms with E-state index in [1.165, 1.54) is 18.7 Å². The second-order valence-corrected chi connectivity index (χ2v) is 6.33. The number of rotatable bonds is 8. The fourth-order valence-corrected chi connectivity index (χ4v) is 2.17. The number of carbonyl (C=O) groups excluding carboxylic acids is 2. The molecule has 0 fully saturated rings. The summed E-state index contributed by atoms with van der Waals surface area (Å²) in [5, 5.41) is -1.36. The Balaban J connectivity index is 4.20. The predicted molar refractivity (Wildman–Crippen MR) is 63.2 cm³/mol. The smallest absolute Gasteiger partial charge is 0.267 e. The Hall–Kier alpha value is -0.400. The SMILES string of the molecule is CSC(CC=O)C(=O)CCC(C)S(=O)(=O)O. The molecule has 0 heterocycles. The van der Waals surface area contributed by atoms with Crippen LogP contribution in [0.5, 0.6) is 0 Å². The van der Waals surface area contributed by atoms with Crippen LogP contribution in [0.2, 0.25) is 0 Å². The lowest BCUT2D eigenvalue weighted by atomic mass is 10.1. The van der Waals surface area contributed by atoms with Crippen LogP contribution in [0.3, 0.4) is 0 Å². The van der Waals surface area contributed by atoms with Crippen LogP contribution in [0.25, 0.3) is 0 Å². The van der Waals surface area contributed by atoms with E-state index in [1.807, 2.05) is 0 Å². The van der Waals surface area contributed by atoms with E-state index in [-0.39, 0.29) is 25.0 Å². The second kappa shape index (κ2) is 7.03. The number of ketones is 1. The molecular formula is C9H16O5S2. The van der Waals surface area contributed by atoms with Gasteiger partial charge in [0.05, 0.1) is 10.5 Å². The molecule has 2 atom stereocenters. The van der Waals surface area contributed by atoms with Crippen LogP contribution in [-0.2, 0) is 19.7 Å². The van der Waals surface area contributed by atoms with Crippen molar-refractivity contribution in [1.29, 1.82) is 0 Å². The molecule has 0 amide bonds. The van der Waals surface area contributed by atoms with E-state index >= 15 is 0 Å². The van der Waals surface area contributed by atoms with E-state index in [1.54, 1.807) is 6.26 Å². The highest BCUT2D eigenvalue weighted by atomic mass is 32.2. The molecule has 0 aliphatic heterocycles. The van der Waals surface area contributed by atoms with Gasteiger partial charge in [-0.1, -0.05) is 0 Å². The molecule has 0 aromatic rings. The number of hydrogen-bond donors (Lipinski definition) is 1. The van der Waals surface area contributed by atoms with Gasteiger partial charge in [0.1, 0.15) is 12.1 Å². The summed E-state index contributed by atoms with van der Waals surface area (Å²) in [7, 11) is -4.07. The summed E-state index contributed by atoms with van der Waals surface area (Å²) in [6.07, 6.45) is 2.66. The van der Waals surface area contributed by atoms with Crippen LogP contribution < -0.4 is 0 Å². The van der Waals surface area contributed by atoms with Crippen LogP contribution in [0.15, 0.2) is 0 Å². The van der Waals surface area contributed by atoms with Gasteiger partial charge in [0.25, 0.3) is 10.1 Å². The third kappa shape index (κ3) is 5.62. The molecule has 7 heteroatoms. The van der Waals surface area contributed by atoms with Crippen LogP contribution in [0.4, 0.5) is 0 Å². The molecule has 0 aromatic heterocycles. The predicted octanol–water partition coefficient (Wildman–Crippen LogP) is 0.933. The summed E-state index contributed by atoms with van der Waals surface area (Å²) in [5.41, 5.74) is 0. The first-order valence-corrected chi connectivity index (χ1v) is 7.57. The zero-order chi connectivity index (χ0) is 12.8. The van der Waals surface area contributed by atoms with Crippen LogP contribution in [0.1, 0.15) is 26.2 Å². The minimum absolute atomic E-state index is 0.0559. The van der Waals surface area contributed by atoms with Gasteiger partial charge in [0, 0.05) is 12.8 Å². The second-order valence-electron chi connectivity index (χ2n) is 3.46. The maximum atomic E-state index is 11.5. The van der Waals surface area contributed by atoms with E-state index in [0.29, 0.717) is 6.29 Å². The molecule has 1 N–H and O–H groups in total. The van der Waals surface area contributed by atoms with Gasteiger partial charge in [0.15, 0.2) is 0 Å². The van der Waals surface area contributed by atoms with Crippen molar-refractivity contribution in [1.82, 2.24) is 0 Å². The van der Waals surface area contributed by atoms with E-state index in [0.717, 1.165) is 0 Å². The van der Waals surface area contributed by atoms with Gasteiger partial charge in [0.2, 0.25) is 0 Å². The van der Waals surface area contributed by atoms with Crippen molar-refractivity contribution in [3.8, 4) is 0 Å². The van der Waals surface area contributed by atoms with Crippen molar-refractivity contribution in [2.45, 2.75) is 36.7 Å². The molecule has 0 radical (unpaired) electrons. The number of thioether (sulfide) groups is 1. The average molecular weight is 268 g/mol.